The van der Waals surface area contributed by atoms with Gasteiger partial charge < -0.3 is 19.3 Å². The topological polar surface area (TPSA) is 102 Å². The molecule has 4 atom stereocenters. The van der Waals surface area contributed by atoms with Gasteiger partial charge in [-0.3, -0.25) is 9.80 Å². The fourth-order valence-corrected chi connectivity index (χ4v) is 2.42. The summed E-state index contributed by atoms with van der Waals surface area (Å²) >= 11 is 0. The van der Waals surface area contributed by atoms with Gasteiger partial charge in [0.1, 0.15) is 0 Å². The van der Waals surface area contributed by atoms with Crippen LogP contribution in [0.1, 0.15) is 0 Å². The average Bonchev–Trinajstić information content (AvgIpc) is 3.31. The van der Waals surface area contributed by atoms with Crippen molar-refractivity contribution in [3.05, 3.63) is 0 Å². The maximum absolute atomic E-state index is 12.4. The number of carbonyl (C=O) groups excluding carboxylic acids is 2. The number of aliphatic hydroxyl groups excluding tert-OH is 1. The molecule has 1 N–H and O–H groups in total. The van der Waals surface area contributed by atoms with Crippen LogP contribution in [-0.4, -0.2) is 96.0 Å². The van der Waals surface area contributed by atoms with E-state index in [0.717, 1.165) is 4.90 Å². The summed E-state index contributed by atoms with van der Waals surface area (Å²) in [5, 5.41) is 10.3. The maximum Gasteiger partial charge on any atom is 0.331 e. The van der Waals surface area contributed by atoms with Gasteiger partial charge in [-0.05, 0) is 0 Å². The Morgan fingerprint density at radius 3 is 1.62 bits per heavy atom. The molecule has 4 aliphatic rings. The number of imide groups is 1. The molecule has 0 spiro atoms. The molecule has 4 fully saturated rings. The molecule has 4 aliphatic heterocycles. The van der Waals surface area contributed by atoms with Crippen LogP contribution in [0.15, 0.2) is 0 Å². The van der Waals surface area contributed by atoms with Crippen molar-refractivity contribution in [2.45, 2.75) is 24.7 Å². The van der Waals surface area contributed by atoms with Crippen LogP contribution in [0, 0.1) is 0 Å². The van der Waals surface area contributed by atoms with Crippen LogP contribution in [0.25, 0.3) is 0 Å². The number of carbonyl (C=O) groups is 2. The number of amides is 4. The molecule has 0 bridgehead atoms. The molecule has 116 valence electrons. The Labute approximate surface area is 120 Å². The first-order valence-corrected chi connectivity index (χ1v) is 7.05. The van der Waals surface area contributed by atoms with Crippen molar-refractivity contribution >= 4 is 12.1 Å². The summed E-state index contributed by atoms with van der Waals surface area (Å²) in [6.07, 6.45) is -1.48. The van der Waals surface area contributed by atoms with Crippen LogP contribution >= 0.6 is 0 Å². The summed E-state index contributed by atoms with van der Waals surface area (Å²) in [7, 11) is 0. The van der Waals surface area contributed by atoms with Gasteiger partial charge in [0.05, 0.1) is 57.8 Å². The number of ether oxygens (including phenoxy) is 3. The second-order valence-corrected chi connectivity index (χ2v) is 5.69. The molecule has 3 unspecified atom stereocenters. The predicted molar refractivity (Wildman–Crippen MR) is 66.1 cm³/mol. The Morgan fingerprint density at radius 1 is 0.857 bits per heavy atom. The van der Waals surface area contributed by atoms with Crippen LogP contribution in [-0.2, 0) is 14.2 Å². The first-order valence-electron chi connectivity index (χ1n) is 7.05. The van der Waals surface area contributed by atoms with Crippen molar-refractivity contribution in [1.82, 2.24) is 14.7 Å². The minimum absolute atomic E-state index is 0.0603. The smallest absolute Gasteiger partial charge is 0.331 e. The molecule has 0 aromatic carbocycles. The van der Waals surface area contributed by atoms with Gasteiger partial charge in [-0.15, -0.1) is 0 Å². The third kappa shape index (κ3) is 2.69. The van der Waals surface area contributed by atoms with Gasteiger partial charge in [0.2, 0.25) is 6.35 Å². The van der Waals surface area contributed by atoms with Gasteiger partial charge in [0.25, 0.3) is 0 Å². The normalized spacial score (nSPS) is 38.0. The van der Waals surface area contributed by atoms with Gasteiger partial charge >= 0.3 is 12.1 Å². The Bertz CT molecular complexity index is 428. The van der Waals surface area contributed by atoms with Crippen molar-refractivity contribution in [2.75, 3.05) is 39.5 Å². The van der Waals surface area contributed by atoms with E-state index < -0.39 is 18.4 Å². The number of rotatable bonds is 6. The molecule has 4 amide bonds. The Balaban J connectivity index is 1.53. The van der Waals surface area contributed by atoms with Crippen LogP contribution in [0.2, 0.25) is 0 Å². The van der Waals surface area contributed by atoms with Crippen molar-refractivity contribution in [2.24, 2.45) is 0 Å². The molecule has 0 aliphatic carbocycles. The highest BCUT2D eigenvalue weighted by Gasteiger charge is 2.48. The number of epoxide rings is 3. The molecule has 0 radical (unpaired) electrons. The molecule has 9 nitrogen and oxygen atoms in total. The lowest BCUT2D eigenvalue weighted by Gasteiger charge is -2.44. The lowest BCUT2D eigenvalue weighted by molar-refractivity contribution is -0.0963. The van der Waals surface area contributed by atoms with Crippen molar-refractivity contribution in [3.8, 4) is 0 Å². The zero-order chi connectivity index (χ0) is 14.6. The first kappa shape index (κ1) is 13.3. The number of urea groups is 2. The van der Waals surface area contributed by atoms with Crippen molar-refractivity contribution < 1.29 is 28.9 Å². The zero-order valence-electron chi connectivity index (χ0n) is 11.4. The number of nitrogens with zero attached hydrogens (tertiary/aromatic N) is 3. The SMILES string of the molecule is O=C1N(CC2CO2)C(=O)N(C[C@@H]2CO2)C(O)N1CC1CO1. The number of hydrogen-bond acceptors (Lipinski definition) is 6. The van der Waals surface area contributed by atoms with Crippen LogP contribution in [0.5, 0.6) is 0 Å². The summed E-state index contributed by atoms with van der Waals surface area (Å²) in [4.78, 5) is 28.5. The van der Waals surface area contributed by atoms with Crippen molar-refractivity contribution in [1.29, 1.82) is 0 Å². The maximum atomic E-state index is 12.4. The zero-order valence-corrected chi connectivity index (χ0v) is 11.4. The van der Waals surface area contributed by atoms with E-state index in [2.05, 4.69) is 0 Å². The molecule has 4 heterocycles. The second-order valence-electron chi connectivity index (χ2n) is 5.69. The lowest BCUT2D eigenvalue weighted by atomic mass is 10.3. The third-order valence-electron chi connectivity index (χ3n) is 3.90. The number of hydrogen-bond donors (Lipinski definition) is 1. The highest BCUT2D eigenvalue weighted by molar-refractivity contribution is 5.96. The highest BCUT2D eigenvalue weighted by atomic mass is 16.6. The van der Waals surface area contributed by atoms with Crippen LogP contribution in [0.3, 0.4) is 0 Å². The minimum Gasteiger partial charge on any atom is -0.371 e. The van der Waals surface area contributed by atoms with Gasteiger partial charge in [0.15, 0.2) is 0 Å². The molecule has 4 saturated heterocycles. The monoisotopic (exact) mass is 299 g/mol. The predicted octanol–water partition coefficient (Wildman–Crippen LogP) is -1.38. The van der Waals surface area contributed by atoms with E-state index in [1.165, 1.54) is 9.80 Å². The first-order chi connectivity index (χ1) is 10.1. The fourth-order valence-electron chi connectivity index (χ4n) is 2.42. The Hall–Kier alpha value is -1.42. The van der Waals surface area contributed by atoms with Gasteiger partial charge in [0, 0.05) is 0 Å². The minimum atomic E-state index is -1.27. The van der Waals surface area contributed by atoms with E-state index in [1.54, 1.807) is 0 Å². The molecule has 9 heteroatoms. The van der Waals surface area contributed by atoms with Crippen LogP contribution < -0.4 is 0 Å². The van der Waals surface area contributed by atoms with E-state index in [4.69, 9.17) is 14.2 Å². The Morgan fingerprint density at radius 2 is 1.24 bits per heavy atom. The van der Waals surface area contributed by atoms with Crippen LogP contribution in [0.4, 0.5) is 9.59 Å². The van der Waals surface area contributed by atoms with E-state index in [-0.39, 0.29) is 37.9 Å². The third-order valence-corrected chi connectivity index (χ3v) is 3.90. The molecular formula is C12H17N3O6. The molecular weight excluding hydrogens is 282 g/mol. The Kier molecular flexibility index (Phi) is 3.03. The number of aliphatic hydroxyl groups is 1. The molecule has 0 saturated carbocycles. The van der Waals surface area contributed by atoms with Crippen molar-refractivity contribution in [3.63, 3.8) is 0 Å². The fraction of sp³-hybridized carbons (Fsp3) is 0.833. The second kappa shape index (κ2) is 4.80. The summed E-state index contributed by atoms with van der Waals surface area (Å²) < 4.78 is 15.3. The van der Waals surface area contributed by atoms with Gasteiger partial charge in [-0.25, -0.2) is 14.5 Å². The summed E-state index contributed by atoms with van der Waals surface area (Å²) in [5.74, 6) is 0. The summed E-state index contributed by atoms with van der Waals surface area (Å²) in [6.45, 7) is 2.46. The lowest BCUT2D eigenvalue weighted by Crippen LogP contribution is -2.67. The molecule has 4 rings (SSSR count). The molecule has 0 aromatic rings. The largest absolute Gasteiger partial charge is 0.371 e. The summed E-state index contributed by atoms with van der Waals surface area (Å²) in [5.41, 5.74) is 0. The summed E-state index contributed by atoms with van der Waals surface area (Å²) in [6, 6.07) is -0.988. The highest BCUT2D eigenvalue weighted by Crippen LogP contribution is 2.25. The molecule has 0 aromatic heterocycles. The average molecular weight is 299 g/mol. The van der Waals surface area contributed by atoms with E-state index >= 15 is 0 Å². The van der Waals surface area contributed by atoms with Gasteiger partial charge in [-0.2, -0.15) is 0 Å². The molecule has 21 heavy (non-hydrogen) atoms. The van der Waals surface area contributed by atoms with E-state index in [1.807, 2.05) is 0 Å². The van der Waals surface area contributed by atoms with Gasteiger partial charge in [-0.1, -0.05) is 0 Å². The quantitative estimate of drug-likeness (QED) is 0.606. The standard InChI is InChI=1S/C12H17N3O6/c16-10-13(1-7-4-19-7)11(17)15(3-9-6-21-9)12(18)14(10)2-8-5-20-8/h7-10,16H,1-6H2/t7-,8?,9?,10?/m1/s1. The van der Waals surface area contributed by atoms with E-state index in [9.17, 15) is 14.7 Å². The van der Waals surface area contributed by atoms with E-state index in [0.29, 0.717) is 19.8 Å².